The molecule has 8 nitrogen and oxygen atoms in total. The summed E-state index contributed by atoms with van der Waals surface area (Å²) in [7, 11) is 3.46. The zero-order valence-corrected chi connectivity index (χ0v) is 17.3. The van der Waals surface area contributed by atoms with Crippen molar-refractivity contribution in [1.29, 1.82) is 0 Å². The molecule has 0 aliphatic rings. The van der Waals surface area contributed by atoms with Gasteiger partial charge in [0.1, 0.15) is 5.01 Å². The van der Waals surface area contributed by atoms with Crippen LogP contribution in [0.15, 0.2) is 24.3 Å². The molecule has 1 heterocycles. The Balaban J connectivity index is 1.80. The number of nitrogens with one attached hydrogen (secondary N) is 2. The van der Waals surface area contributed by atoms with Gasteiger partial charge < -0.3 is 15.4 Å². The van der Waals surface area contributed by atoms with Gasteiger partial charge in [0.15, 0.2) is 0 Å². The predicted molar refractivity (Wildman–Crippen MR) is 110 cm³/mol. The summed E-state index contributed by atoms with van der Waals surface area (Å²) in [6.45, 7) is 3.98. The van der Waals surface area contributed by atoms with Crippen molar-refractivity contribution < 1.29 is 14.3 Å². The van der Waals surface area contributed by atoms with Crippen LogP contribution in [-0.4, -0.2) is 60.8 Å². The van der Waals surface area contributed by atoms with Crippen molar-refractivity contribution in [3.63, 3.8) is 0 Å². The molecular weight excluding hydrogens is 378 g/mol. The van der Waals surface area contributed by atoms with Crippen molar-refractivity contribution in [3.05, 3.63) is 39.8 Å². The molecule has 0 bridgehead atoms. The summed E-state index contributed by atoms with van der Waals surface area (Å²) in [5.41, 5.74) is 1.93. The van der Waals surface area contributed by atoms with Crippen LogP contribution in [-0.2, 0) is 22.5 Å². The molecule has 0 spiro atoms. The lowest BCUT2D eigenvalue weighted by Gasteiger charge is -2.14. The molecule has 152 valence electrons. The van der Waals surface area contributed by atoms with Gasteiger partial charge in [-0.3, -0.25) is 14.5 Å². The van der Waals surface area contributed by atoms with E-state index in [1.165, 1.54) is 16.9 Å². The van der Waals surface area contributed by atoms with Crippen molar-refractivity contribution in [3.8, 4) is 0 Å². The van der Waals surface area contributed by atoms with Crippen molar-refractivity contribution in [1.82, 2.24) is 20.4 Å². The lowest BCUT2D eigenvalue weighted by Crippen LogP contribution is -2.35. The minimum absolute atomic E-state index is 0.0587. The zero-order valence-electron chi connectivity index (χ0n) is 16.5. The maximum atomic E-state index is 12.3. The molecule has 1 aromatic carbocycles. The standard InChI is InChI=1S/C19H27N5O3S/c1-4-14-6-8-15(9-7-14)21-18(26)19-23-22-17(28-19)13-24(2)12-16(25)20-10-5-11-27-3/h6-9H,4-5,10-13H2,1-3H3,(H,20,25)(H,21,26). The van der Waals surface area contributed by atoms with Crippen LogP contribution in [0.1, 0.15) is 33.7 Å². The zero-order chi connectivity index (χ0) is 20.4. The van der Waals surface area contributed by atoms with E-state index in [0.29, 0.717) is 29.7 Å². The van der Waals surface area contributed by atoms with Gasteiger partial charge in [-0.1, -0.05) is 30.4 Å². The number of aromatic nitrogens is 2. The number of anilines is 1. The fourth-order valence-electron chi connectivity index (χ4n) is 2.45. The number of likely N-dealkylation sites (N-methyl/N-ethyl adjacent to an activating group) is 1. The molecule has 2 rings (SSSR count). The first-order valence-electron chi connectivity index (χ1n) is 9.18. The van der Waals surface area contributed by atoms with Crippen LogP contribution >= 0.6 is 11.3 Å². The topological polar surface area (TPSA) is 96.5 Å². The molecule has 0 saturated heterocycles. The number of methoxy groups -OCH3 is 1. The van der Waals surface area contributed by atoms with E-state index in [0.717, 1.165) is 18.5 Å². The van der Waals surface area contributed by atoms with Crippen LogP contribution in [0.2, 0.25) is 0 Å². The molecule has 2 aromatic rings. The summed E-state index contributed by atoms with van der Waals surface area (Å²) in [6.07, 6.45) is 1.73. The number of nitrogens with zero attached hydrogens (tertiary/aromatic N) is 3. The fraction of sp³-hybridized carbons (Fsp3) is 0.474. The number of benzene rings is 1. The number of hydrogen-bond donors (Lipinski definition) is 2. The van der Waals surface area contributed by atoms with Crippen molar-refractivity contribution in [2.45, 2.75) is 26.3 Å². The third-order valence-corrected chi connectivity index (χ3v) is 4.85. The van der Waals surface area contributed by atoms with E-state index in [-0.39, 0.29) is 18.4 Å². The summed E-state index contributed by atoms with van der Waals surface area (Å²) < 4.78 is 4.94. The smallest absolute Gasteiger partial charge is 0.286 e. The lowest BCUT2D eigenvalue weighted by atomic mass is 10.1. The minimum Gasteiger partial charge on any atom is -0.385 e. The van der Waals surface area contributed by atoms with Crippen LogP contribution in [0.3, 0.4) is 0 Å². The van der Waals surface area contributed by atoms with Gasteiger partial charge in [0, 0.05) is 25.9 Å². The van der Waals surface area contributed by atoms with Gasteiger partial charge in [-0.05, 0) is 37.6 Å². The number of hydrogen-bond acceptors (Lipinski definition) is 7. The van der Waals surface area contributed by atoms with Crippen LogP contribution in [0, 0.1) is 0 Å². The highest BCUT2D eigenvalue weighted by atomic mass is 32.1. The predicted octanol–water partition coefficient (Wildman–Crippen LogP) is 1.94. The average Bonchev–Trinajstić information content (AvgIpc) is 3.14. The van der Waals surface area contributed by atoms with E-state index in [1.807, 2.05) is 36.2 Å². The molecule has 0 aliphatic carbocycles. The molecule has 0 unspecified atom stereocenters. The quantitative estimate of drug-likeness (QED) is 0.555. The van der Waals surface area contributed by atoms with E-state index in [1.54, 1.807) is 7.11 Å². The number of rotatable bonds is 11. The summed E-state index contributed by atoms with van der Waals surface area (Å²) in [4.78, 5) is 26.0. The Morgan fingerprint density at radius 1 is 1.21 bits per heavy atom. The largest absolute Gasteiger partial charge is 0.385 e. The molecule has 9 heteroatoms. The molecule has 1 aromatic heterocycles. The maximum Gasteiger partial charge on any atom is 0.286 e. The van der Waals surface area contributed by atoms with E-state index in [9.17, 15) is 9.59 Å². The molecule has 0 saturated carbocycles. The van der Waals surface area contributed by atoms with E-state index >= 15 is 0 Å². The molecule has 0 radical (unpaired) electrons. The maximum absolute atomic E-state index is 12.3. The Bertz CT molecular complexity index is 763. The van der Waals surface area contributed by atoms with Crippen LogP contribution < -0.4 is 10.6 Å². The van der Waals surface area contributed by atoms with Crippen LogP contribution in [0.5, 0.6) is 0 Å². The number of ether oxygens (including phenoxy) is 1. The molecule has 0 fully saturated rings. The first kappa shape index (κ1) is 21.9. The molecule has 2 amide bonds. The molecule has 0 aliphatic heterocycles. The van der Waals surface area contributed by atoms with Crippen molar-refractivity contribution >= 4 is 28.8 Å². The van der Waals surface area contributed by atoms with E-state index < -0.39 is 0 Å². The van der Waals surface area contributed by atoms with Gasteiger partial charge in [0.2, 0.25) is 10.9 Å². The van der Waals surface area contributed by atoms with E-state index in [2.05, 4.69) is 27.8 Å². The Hall–Kier alpha value is -2.36. The number of aryl methyl sites for hydroxylation is 1. The van der Waals surface area contributed by atoms with Gasteiger partial charge in [-0.25, -0.2) is 0 Å². The van der Waals surface area contributed by atoms with Gasteiger partial charge in [0.25, 0.3) is 5.91 Å². The fourth-order valence-corrected chi connectivity index (χ4v) is 3.26. The minimum atomic E-state index is -0.286. The van der Waals surface area contributed by atoms with Gasteiger partial charge in [-0.2, -0.15) is 0 Å². The van der Waals surface area contributed by atoms with Gasteiger partial charge in [0.05, 0.1) is 13.1 Å². The van der Waals surface area contributed by atoms with Gasteiger partial charge in [-0.15, -0.1) is 10.2 Å². The lowest BCUT2D eigenvalue weighted by molar-refractivity contribution is -0.122. The Kier molecular flexibility index (Phi) is 8.99. The second-order valence-electron chi connectivity index (χ2n) is 6.37. The van der Waals surface area contributed by atoms with Crippen LogP contribution in [0.25, 0.3) is 0 Å². The SMILES string of the molecule is CCc1ccc(NC(=O)c2nnc(CN(C)CC(=O)NCCCOC)s2)cc1. The first-order valence-corrected chi connectivity index (χ1v) is 10.00. The second-order valence-corrected chi connectivity index (χ2v) is 7.44. The molecular formula is C19H27N5O3S. The monoisotopic (exact) mass is 405 g/mol. The summed E-state index contributed by atoms with van der Waals surface area (Å²) in [5.74, 6) is -0.344. The second kappa shape index (κ2) is 11.5. The van der Waals surface area contributed by atoms with Crippen LogP contribution in [0.4, 0.5) is 5.69 Å². The average molecular weight is 406 g/mol. The highest BCUT2D eigenvalue weighted by Crippen LogP contribution is 2.15. The Labute approximate surface area is 169 Å². The summed E-state index contributed by atoms with van der Waals surface area (Å²) in [6, 6.07) is 7.71. The van der Waals surface area contributed by atoms with Crippen molar-refractivity contribution in [2.24, 2.45) is 0 Å². The van der Waals surface area contributed by atoms with Crippen molar-refractivity contribution in [2.75, 3.05) is 39.2 Å². The molecule has 2 N–H and O–H groups in total. The van der Waals surface area contributed by atoms with Gasteiger partial charge >= 0.3 is 0 Å². The Morgan fingerprint density at radius 3 is 2.64 bits per heavy atom. The summed E-state index contributed by atoms with van der Waals surface area (Å²) >= 11 is 1.22. The Morgan fingerprint density at radius 2 is 1.96 bits per heavy atom. The molecule has 28 heavy (non-hydrogen) atoms. The number of amides is 2. The van der Waals surface area contributed by atoms with E-state index in [4.69, 9.17) is 4.74 Å². The number of carbonyl (C=O) groups is 2. The third kappa shape index (κ3) is 7.34. The highest BCUT2D eigenvalue weighted by Gasteiger charge is 2.15. The summed E-state index contributed by atoms with van der Waals surface area (Å²) in [5, 5.41) is 14.7. The first-order chi connectivity index (χ1) is 13.5. The normalized spacial score (nSPS) is 10.9. The number of carbonyl (C=O) groups excluding carboxylic acids is 2. The highest BCUT2D eigenvalue weighted by molar-refractivity contribution is 7.13. The molecule has 0 atom stereocenters. The third-order valence-electron chi connectivity index (χ3n) is 3.95.